The second kappa shape index (κ2) is 6.37. The average Bonchev–Trinajstić information content (AvgIpc) is 2.83. The Balaban J connectivity index is 2.22. The van der Waals surface area contributed by atoms with Crippen LogP contribution in [0.5, 0.6) is 5.75 Å². The molecule has 0 unspecified atom stereocenters. The summed E-state index contributed by atoms with van der Waals surface area (Å²) in [4.78, 5) is 18.2. The van der Waals surface area contributed by atoms with Crippen LogP contribution in [0.1, 0.15) is 16.2 Å². The fourth-order valence-corrected chi connectivity index (χ4v) is 2.57. The van der Waals surface area contributed by atoms with Crippen molar-refractivity contribution in [2.45, 2.75) is 6.54 Å². The summed E-state index contributed by atoms with van der Waals surface area (Å²) in [6.45, 7) is 0.392. The first-order valence-corrected chi connectivity index (χ1v) is 6.94. The number of halogens is 2. The van der Waals surface area contributed by atoms with Gasteiger partial charge in [-0.25, -0.2) is 4.98 Å². The second-order valence-electron chi connectivity index (χ2n) is 4.59. The maximum absolute atomic E-state index is 12.4. The Morgan fingerprint density at radius 2 is 2.00 bits per heavy atom. The monoisotopic (exact) mass is 327 g/mol. The van der Waals surface area contributed by atoms with Gasteiger partial charge in [0.1, 0.15) is 5.82 Å². The molecule has 0 spiro atoms. The molecule has 112 valence electrons. The second-order valence-corrected chi connectivity index (χ2v) is 5.40. The number of rotatable bonds is 4. The van der Waals surface area contributed by atoms with E-state index >= 15 is 0 Å². The Morgan fingerprint density at radius 3 is 2.48 bits per heavy atom. The molecule has 1 aromatic carbocycles. The third-order valence-electron chi connectivity index (χ3n) is 3.10. The molecule has 0 N–H and O–H groups in total. The summed E-state index contributed by atoms with van der Waals surface area (Å²) in [5.41, 5.74) is 0.405. The zero-order chi connectivity index (χ0) is 15.6. The molecule has 5 nitrogen and oxygen atoms in total. The molecular weight excluding hydrogens is 313 g/mol. The molecule has 0 bridgehead atoms. The zero-order valence-electron chi connectivity index (χ0n) is 11.9. The molecule has 0 saturated heterocycles. The van der Waals surface area contributed by atoms with Crippen LogP contribution in [0, 0.1) is 0 Å². The molecule has 0 aliphatic carbocycles. The molecular formula is C14H15Cl2N3O2. The van der Waals surface area contributed by atoms with E-state index in [2.05, 4.69) is 4.98 Å². The van der Waals surface area contributed by atoms with Gasteiger partial charge in [0.25, 0.3) is 5.91 Å². The quantitative estimate of drug-likeness (QED) is 0.867. The fraction of sp³-hybridized carbons (Fsp3) is 0.286. The van der Waals surface area contributed by atoms with Gasteiger partial charge in [0.2, 0.25) is 0 Å². The van der Waals surface area contributed by atoms with Crippen LogP contribution in [0.25, 0.3) is 0 Å². The highest BCUT2D eigenvalue weighted by Crippen LogP contribution is 2.34. The van der Waals surface area contributed by atoms with Crippen molar-refractivity contribution in [1.29, 1.82) is 0 Å². The van der Waals surface area contributed by atoms with Crippen molar-refractivity contribution in [3.63, 3.8) is 0 Å². The topological polar surface area (TPSA) is 47.4 Å². The van der Waals surface area contributed by atoms with Crippen LogP contribution in [-0.4, -0.2) is 34.5 Å². The molecule has 1 amide bonds. The number of aryl methyl sites for hydroxylation is 1. The van der Waals surface area contributed by atoms with E-state index in [1.165, 1.54) is 7.11 Å². The number of amides is 1. The number of carbonyl (C=O) groups excluding carboxylic acids is 1. The van der Waals surface area contributed by atoms with Gasteiger partial charge in [0.15, 0.2) is 5.75 Å². The number of ether oxygens (including phenoxy) is 1. The van der Waals surface area contributed by atoms with Crippen LogP contribution in [0.3, 0.4) is 0 Å². The van der Waals surface area contributed by atoms with Gasteiger partial charge in [-0.3, -0.25) is 4.79 Å². The molecule has 21 heavy (non-hydrogen) atoms. The Bertz CT molecular complexity index is 647. The summed E-state index contributed by atoms with van der Waals surface area (Å²) >= 11 is 12.1. The van der Waals surface area contributed by atoms with Crippen molar-refractivity contribution in [1.82, 2.24) is 14.5 Å². The van der Waals surface area contributed by atoms with Crippen LogP contribution < -0.4 is 4.74 Å². The minimum atomic E-state index is -0.190. The first-order chi connectivity index (χ1) is 9.93. The smallest absolute Gasteiger partial charge is 0.254 e. The van der Waals surface area contributed by atoms with Crippen molar-refractivity contribution < 1.29 is 9.53 Å². The number of imidazole rings is 1. The molecule has 2 rings (SSSR count). The third-order valence-corrected chi connectivity index (χ3v) is 3.66. The van der Waals surface area contributed by atoms with Gasteiger partial charge >= 0.3 is 0 Å². The number of aromatic nitrogens is 2. The summed E-state index contributed by atoms with van der Waals surface area (Å²) in [5, 5.41) is 0.609. The largest absolute Gasteiger partial charge is 0.494 e. The highest BCUT2D eigenvalue weighted by molar-refractivity contribution is 6.37. The van der Waals surface area contributed by atoms with Crippen LogP contribution >= 0.6 is 23.2 Å². The Morgan fingerprint density at radius 1 is 1.38 bits per heavy atom. The number of methoxy groups -OCH3 is 1. The lowest BCUT2D eigenvalue weighted by molar-refractivity contribution is 0.0780. The lowest BCUT2D eigenvalue weighted by atomic mass is 10.2. The first kappa shape index (κ1) is 15.7. The van der Waals surface area contributed by atoms with Gasteiger partial charge in [-0.2, -0.15) is 0 Å². The Hall–Kier alpha value is -1.72. The molecule has 0 radical (unpaired) electrons. The number of carbonyl (C=O) groups is 1. The first-order valence-electron chi connectivity index (χ1n) is 6.18. The van der Waals surface area contributed by atoms with E-state index in [1.54, 1.807) is 30.3 Å². The molecule has 1 heterocycles. The highest BCUT2D eigenvalue weighted by atomic mass is 35.5. The van der Waals surface area contributed by atoms with Gasteiger partial charge in [-0.1, -0.05) is 23.2 Å². The van der Waals surface area contributed by atoms with E-state index in [9.17, 15) is 4.79 Å². The lowest BCUT2D eigenvalue weighted by Crippen LogP contribution is -2.27. The molecule has 0 fully saturated rings. The van der Waals surface area contributed by atoms with Crippen molar-refractivity contribution in [2.75, 3.05) is 14.2 Å². The summed E-state index contributed by atoms with van der Waals surface area (Å²) in [6.07, 6.45) is 3.52. The SMILES string of the molecule is COc1c(Cl)cc(C(=O)N(C)Cc2nccn2C)cc1Cl. The molecule has 1 aromatic heterocycles. The van der Waals surface area contributed by atoms with Crippen molar-refractivity contribution in [3.05, 3.63) is 46.0 Å². The summed E-state index contributed by atoms with van der Waals surface area (Å²) in [6, 6.07) is 3.09. The van der Waals surface area contributed by atoms with Crippen LogP contribution in [-0.2, 0) is 13.6 Å². The molecule has 0 aliphatic rings. The van der Waals surface area contributed by atoms with Gasteiger partial charge in [0.05, 0.1) is 23.7 Å². The van der Waals surface area contributed by atoms with E-state index in [0.29, 0.717) is 27.9 Å². The maximum Gasteiger partial charge on any atom is 0.254 e. The summed E-state index contributed by atoms with van der Waals surface area (Å²) in [5.74, 6) is 0.961. The van der Waals surface area contributed by atoms with E-state index in [1.807, 2.05) is 17.8 Å². The normalized spacial score (nSPS) is 10.5. The molecule has 0 atom stereocenters. The van der Waals surface area contributed by atoms with Crippen LogP contribution in [0.2, 0.25) is 10.0 Å². The lowest BCUT2D eigenvalue weighted by Gasteiger charge is -2.18. The molecule has 0 saturated carbocycles. The Labute approximate surface area is 133 Å². The number of nitrogens with zero attached hydrogens (tertiary/aromatic N) is 3. The fourth-order valence-electron chi connectivity index (χ4n) is 1.93. The average molecular weight is 328 g/mol. The van der Waals surface area contributed by atoms with Crippen molar-refractivity contribution in [3.8, 4) is 5.75 Å². The predicted octanol–water partition coefficient (Wildman–Crippen LogP) is 3.01. The molecule has 0 aliphatic heterocycles. The summed E-state index contributed by atoms with van der Waals surface area (Å²) in [7, 11) is 5.05. The standard InChI is InChI=1S/C14H15Cl2N3O2/c1-18-5-4-17-12(18)8-19(2)14(20)9-6-10(15)13(21-3)11(16)7-9/h4-7H,8H2,1-3H3. The van der Waals surface area contributed by atoms with Crippen molar-refractivity contribution in [2.24, 2.45) is 7.05 Å². The number of hydrogen-bond acceptors (Lipinski definition) is 3. The van der Waals surface area contributed by atoms with Crippen LogP contribution in [0.4, 0.5) is 0 Å². The molecule has 7 heteroatoms. The van der Waals surface area contributed by atoms with E-state index in [0.717, 1.165) is 5.82 Å². The van der Waals surface area contributed by atoms with Gasteiger partial charge < -0.3 is 14.2 Å². The van der Waals surface area contributed by atoms with E-state index in [4.69, 9.17) is 27.9 Å². The number of hydrogen-bond donors (Lipinski definition) is 0. The maximum atomic E-state index is 12.4. The van der Waals surface area contributed by atoms with Gasteiger partial charge in [-0.15, -0.1) is 0 Å². The van der Waals surface area contributed by atoms with Gasteiger partial charge in [-0.05, 0) is 12.1 Å². The minimum Gasteiger partial charge on any atom is -0.494 e. The van der Waals surface area contributed by atoms with E-state index in [-0.39, 0.29) is 5.91 Å². The van der Waals surface area contributed by atoms with Crippen molar-refractivity contribution >= 4 is 29.1 Å². The summed E-state index contributed by atoms with van der Waals surface area (Å²) < 4.78 is 6.93. The Kier molecular flexibility index (Phi) is 4.75. The van der Waals surface area contributed by atoms with E-state index < -0.39 is 0 Å². The third kappa shape index (κ3) is 3.31. The highest BCUT2D eigenvalue weighted by Gasteiger charge is 2.17. The predicted molar refractivity (Wildman–Crippen MR) is 82.0 cm³/mol. The van der Waals surface area contributed by atoms with Crippen LogP contribution in [0.15, 0.2) is 24.5 Å². The number of benzene rings is 1. The minimum absolute atomic E-state index is 0.190. The zero-order valence-corrected chi connectivity index (χ0v) is 13.4. The molecule has 2 aromatic rings. The van der Waals surface area contributed by atoms with Gasteiger partial charge in [0, 0.05) is 32.1 Å².